The fourth-order valence-electron chi connectivity index (χ4n) is 3.74. The number of piperazine rings is 1. The number of pyridine rings is 2. The van der Waals surface area contributed by atoms with Gasteiger partial charge in [-0.1, -0.05) is 11.6 Å². The summed E-state index contributed by atoms with van der Waals surface area (Å²) in [5.41, 5.74) is 3.49. The van der Waals surface area contributed by atoms with Crippen molar-refractivity contribution in [3.63, 3.8) is 0 Å². The maximum absolute atomic E-state index is 6.21. The predicted octanol–water partition coefficient (Wildman–Crippen LogP) is 3.49. The Hall–Kier alpha value is -2.15. The lowest BCUT2D eigenvalue weighted by Gasteiger charge is -2.34. The predicted molar refractivity (Wildman–Crippen MR) is 116 cm³/mol. The number of hydrogen-bond acceptors (Lipinski definition) is 6. The molecule has 1 saturated heterocycles. The Morgan fingerprint density at radius 2 is 1.89 bits per heavy atom. The minimum Gasteiger partial charge on any atom is -0.481 e. The van der Waals surface area contributed by atoms with E-state index in [0.717, 1.165) is 60.3 Å². The molecule has 1 atom stereocenters. The second kappa shape index (κ2) is 8.07. The molecule has 1 unspecified atom stereocenters. The summed E-state index contributed by atoms with van der Waals surface area (Å²) in [7, 11) is 3.81. The Morgan fingerprint density at radius 3 is 2.64 bits per heavy atom. The van der Waals surface area contributed by atoms with Crippen molar-refractivity contribution in [1.82, 2.24) is 19.8 Å². The first-order valence-corrected chi connectivity index (χ1v) is 10.0. The van der Waals surface area contributed by atoms with Gasteiger partial charge < -0.3 is 15.0 Å². The molecule has 1 fully saturated rings. The number of nitrogens with zero attached hydrogens (tertiary/aromatic N) is 4. The van der Waals surface area contributed by atoms with Crippen molar-refractivity contribution >= 4 is 39.2 Å². The Labute approximate surface area is 170 Å². The van der Waals surface area contributed by atoms with Gasteiger partial charge in [-0.05, 0) is 38.2 Å². The van der Waals surface area contributed by atoms with Gasteiger partial charge in [0.1, 0.15) is 5.52 Å². The van der Waals surface area contributed by atoms with Gasteiger partial charge in [-0.3, -0.25) is 4.90 Å². The Morgan fingerprint density at radius 1 is 1.11 bits per heavy atom. The lowest BCUT2D eigenvalue weighted by Crippen LogP contribution is -2.47. The SMILES string of the molecule is COc1ccc2nc3cc(Cl)ccc3c(NC(C)CN3CCN(C)CC3)c2n1. The normalized spacial score (nSPS) is 17.1. The highest BCUT2D eigenvalue weighted by Gasteiger charge is 2.18. The van der Waals surface area contributed by atoms with Crippen LogP contribution in [0.5, 0.6) is 5.88 Å². The van der Waals surface area contributed by atoms with Crippen LogP contribution in [-0.4, -0.2) is 72.7 Å². The summed E-state index contributed by atoms with van der Waals surface area (Å²) >= 11 is 6.21. The number of aromatic nitrogens is 2. The molecule has 7 heteroatoms. The van der Waals surface area contributed by atoms with Gasteiger partial charge in [0.15, 0.2) is 0 Å². The summed E-state index contributed by atoms with van der Waals surface area (Å²) in [6.45, 7) is 7.63. The summed E-state index contributed by atoms with van der Waals surface area (Å²) < 4.78 is 5.34. The van der Waals surface area contributed by atoms with E-state index in [4.69, 9.17) is 21.3 Å². The first kappa shape index (κ1) is 19.2. The van der Waals surface area contributed by atoms with Gasteiger partial charge in [0.05, 0.1) is 23.8 Å². The molecule has 0 amide bonds. The van der Waals surface area contributed by atoms with Crippen molar-refractivity contribution in [2.75, 3.05) is 52.2 Å². The number of likely N-dealkylation sites (N-methyl/N-ethyl adjacent to an activating group) is 1. The molecule has 1 aliphatic rings. The standard InChI is InChI=1S/C21H26ClN5O/c1-14(13-27-10-8-26(2)9-11-27)23-20-16-5-4-15(22)12-18(16)24-17-6-7-19(28-3)25-21(17)20/h4-7,12,14H,8-11,13H2,1-3H3,(H,23,24). The highest BCUT2D eigenvalue weighted by Crippen LogP contribution is 2.32. The second-order valence-electron chi connectivity index (χ2n) is 7.52. The molecule has 4 rings (SSSR count). The highest BCUT2D eigenvalue weighted by molar-refractivity contribution is 6.31. The van der Waals surface area contributed by atoms with E-state index in [1.807, 2.05) is 30.3 Å². The molecule has 0 saturated carbocycles. The zero-order chi connectivity index (χ0) is 19.7. The Balaban J connectivity index is 1.70. The summed E-state index contributed by atoms with van der Waals surface area (Å²) in [5.74, 6) is 0.581. The van der Waals surface area contributed by atoms with Crippen LogP contribution in [0.2, 0.25) is 5.02 Å². The monoisotopic (exact) mass is 399 g/mol. The molecule has 2 aromatic heterocycles. The third kappa shape index (κ3) is 3.99. The molecule has 1 aliphatic heterocycles. The maximum Gasteiger partial charge on any atom is 0.213 e. The third-order valence-electron chi connectivity index (χ3n) is 5.28. The van der Waals surface area contributed by atoms with E-state index in [-0.39, 0.29) is 6.04 Å². The zero-order valence-corrected chi connectivity index (χ0v) is 17.3. The molecule has 28 heavy (non-hydrogen) atoms. The van der Waals surface area contributed by atoms with Crippen LogP contribution >= 0.6 is 11.6 Å². The van der Waals surface area contributed by atoms with Crippen molar-refractivity contribution < 1.29 is 4.74 Å². The van der Waals surface area contributed by atoms with Crippen LogP contribution in [0.15, 0.2) is 30.3 Å². The molecule has 3 heterocycles. The smallest absolute Gasteiger partial charge is 0.213 e. The van der Waals surface area contributed by atoms with Gasteiger partial charge in [-0.15, -0.1) is 0 Å². The van der Waals surface area contributed by atoms with Crippen LogP contribution < -0.4 is 10.1 Å². The van der Waals surface area contributed by atoms with E-state index in [2.05, 4.69) is 34.1 Å². The second-order valence-corrected chi connectivity index (χ2v) is 7.96. The number of ether oxygens (including phenoxy) is 1. The van der Waals surface area contributed by atoms with Gasteiger partial charge in [0, 0.05) is 55.2 Å². The van der Waals surface area contributed by atoms with Crippen LogP contribution in [0, 0.1) is 0 Å². The number of nitrogens with one attached hydrogen (secondary N) is 1. The van der Waals surface area contributed by atoms with Crippen molar-refractivity contribution in [2.45, 2.75) is 13.0 Å². The van der Waals surface area contributed by atoms with Gasteiger partial charge in [0.25, 0.3) is 0 Å². The van der Waals surface area contributed by atoms with Crippen LogP contribution in [-0.2, 0) is 0 Å². The topological polar surface area (TPSA) is 53.5 Å². The Bertz CT molecular complexity index is 987. The molecule has 1 N–H and O–H groups in total. The van der Waals surface area contributed by atoms with E-state index >= 15 is 0 Å². The number of halogens is 1. The van der Waals surface area contributed by atoms with E-state index in [1.54, 1.807) is 7.11 Å². The number of hydrogen-bond donors (Lipinski definition) is 1. The average Bonchev–Trinajstić information content (AvgIpc) is 2.69. The zero-order valence-electron chi connectivity index (χ0n) is 16.6. The number of benzene rings is 1. The number of fused-ring (bicyclic) bond motifs is 2. The number of rotatable bonds is 5. The quantitative estimate of drug-likeness (QED) is 0.663. The molecule has 0 aliphatic carbocycles. The van der Waals surface area contributed by atoms with E-state index in [1.165, 1.54) is 0 Å². The van der Waals surface area contributed by atoms with Gasteiger partial charge >= 0.3 is 0 Å². The first-order chi connectivity index (χ1) is 13.5. The summed E-state index contributed by atoms with van der Waals surface area (Å²) in [4.78, 5) is 14.3. The van der Waals surface area contributed by atoms with Crippen LogP contribution in [0.25, 0.3) is 21.9 Å². The van der Waals surface area contributed by atoms with Crippen LogP contribution in [0.3, 0.4) is 0 Å². The van der Waals surface area contributed by atoms with Crippen molar-refractivity contribution in [2.24, 2.45) is 0 Å². The van der Waals surface area contributed by atoms with E-state index < -0.39 is 0 Å². The van der Waals surface area contributed by atoms with E-state index in [9.17, 15) is 0 Å². The Kier molecular flexibility index (Phi) is 5.53. The first-order valence-electron chi connectivity index (χ1n) is 9.65. The van der Waals surface area contributed by atoms with Crippen LogP contribution in [0.1, 0.15) is 6.92 Å². The minimum atomic E-state index is 0.265. The fourth-order valence-corrected chi connectivity index (χ4v) is 3.91. The molecular formula is C21H26ClN5O. The number of anilines is 1. The lowest BCUT2D eigenvalue weighted by atomic mass is 10.1. The van der Waals surface area contributed by atoms with Gasteiger partial charge in [-0.25, -0.2) is 9.97 Å². The molecule has 1 aromatic carbocycles. The minimum absolute atomic E-state index is 0.265. The molecule has 148 valence electrons. The summed E-state index contributed by atoms with van der Waals surface area (Å²) in [5, 5.41) is 5.40. The summed E-state index contributed by atoms with van der Waals surface area (Å²) in [6, 6.07) is 9.85. The van der Waals surface area contributed by atoms with Crippen molar-refractivity contribution in [1.29, 1.82) is 0 Å². The molecule has 0 bridgehead atoms. The molecule has 0 radical (unpaired) electrons. The molecule has 6 nitrogen and oxygen atoms in total. The van der Waals surface area contributed by atoms with Gasteiger partial charge in [-0.2, -0.15) is 0 Å². The van der Waals surface area contributed by atoms with Crippen LogP contribution in [0.4, 0.5) is 5.69 Å². The largest absolute Gasteiger partial charge is 0.481 e. The summed E-state index contributed by atoms with van der Waals surface area (Å²) in [6.07, 6.45) is 0. The highest BCUT2D eigenvalue weighted by atomic mass is 35.5. The number of methoxy groups -OCH3 is 1. The van der Waals surface area contributed by atoms with Crippen molar-refractivity contribution in [3.05, 3.63) is 35.4 Å². The lowest BCUT2D eigenvalue weighted by molar-refractivity contribution is 0.151. The van der Waals surface area contributed by atoms with E-state index in [0.29, 0.717) is 10.9 Å². The molecule has 0 spiro atoms. The third-order valence-corrected chi connectivity index (χ3v) is 5.52. The maximum atomic E-state index is 6.21. The van der Waals surface area contributed by atoms with Gasteiger partial charge in [0.2, 0.25) is 5.88 Å². The molecular weight excluding hydrogens is 374 g/mol. The van der Waals surface area contributed by atoms with Crippen molar-refractivity contribution in [3.8, 4) is 5.88 Å². The molecule has 3 aromatic rings. The fraction of sp³-hybridized carbons (Fsp3) is 0.429. The average molecular weight is 400 g/mol.